The minimum Gasteiger partial charge on any atom is -0.477 e. The fraction of sp³-hybridized carbons (Fsp3) is 0.167. The highest BCUT2D eigenvalue weighted by atomic mass is 35.7. The van der Waals surface area contributed by atoms with Gasteiger partial charge in [-0.3, -0.25) is 0 Å². The molecule has 8 heteroatoms. The first-order valence-electron chi connectivity index (χ1n) is 3.22. The van der Waals surface area contributed by atoms with Gasteiger partial charge in [0.1, 0.15) is 9.09 Å². The monoisotopic (exact) mass is 274 g/mol. The molecule has 0 saturated carbocycles. The molecule has 1 aromatic heterocycles. The fourth-order valence-corrected chi connectivity index (χ4v) is 3.76. The lowest BCUT2D eigenvalue weighted by Gasteiger charge is -1.91. The summed E-state index contributed by atoms with van der Waals surface area (Å²) in [6, 6.07) is 0. The zero-order chi connectivity index (χ0) is 11.1. The van der Waals surface area contributed by atoms with Crippen LogP contribution in [0.5, 0.6) is 0 Å². The lowest BCUT2D eigenvalue weighted by Crippen LogP contribution is -1.91. The van der Waals surface area contributed by atoms with E-state index >= 15 is 0 Å². The third kappa shape index (κ3) is 2.03. The van der Waals surface area contributed by atoms with E-state index in [9.17, 15) is 13.2 Å². The minimum atomic E-state index is -3.93. The van der Waals surface area contributed by atoms with Crippen molar-refractivity contribution in [1.29, 1.82) is 0 Å². The Bertz CT molecular complexity index is 488. The van der Waals surface area contributed by atoms with E-state index in [2.05, 4.69) is 0 Å². The molecule has 78 valence electrons. The summed E-state index contributed by atoms with van der Waals surface area (Å²) in [5.74, 6) is -1.27. The lowest BCUT2D eigenvalue weighted by atomic mass is 10.3. The molecule has 0 fully saturated rings. The fourth-order valence-electron chi connectivity index (χ4n) is 0.844. The highest BCUT2D eigenvalue weighted by molar-refractivity contribution is 8.15. The molecule has 14 heavy (non-hydrogen) atoms. The van der Waals surface area contributed by atoms with Crippen LogP contribution in [0, 0.1) is 6.92 Å². The summed E-state index contributed by atoms with van der Waals surface area (Å²) < 4.78 is 21.7. The van der Waals surface area contributed by atoms with Gasteiger partial charge in [0.2, 0.25) is 0 Å². The third-order valence-electron chi connectivity index (χ3n) is 1.45. The number of aromatic carboxylic acids is 1. The van der Waals surface area contributed by atoms with E-state index in [1.54, 1.807) is 0 Å². The Hall–Kier alpha value is -0.300. The molecule has 0 aliphatic carbocycles. The molecule has 0 spiro atoms. The molecule has 1 heterocycles. The van der Waals surface area contributed by atoms with Gasteiger partial charge in [-0.1, -0.05) is 11.6 Å². The van der Waals surface area contributed by atoms with Crippen LogP contribution in [0.2, 0.25) is 5.02 Å². The van der Waals surface area contributed by atoms with Crippen LogP contribution in [-0.2, 0) is 9.05 Å². The highest BCUT2D eigenvalue weighted by Gasteiger charge is 2.25. The van der Waals surface area contributed by atoms with E-state index < -0.39 is 15.0 Å². The lowest BCUT2D eigenvalue weighted by molar-refractivity contribution is 0.0702. The summed E-state index contributed by atoms with van der Waals surface area (Å²) >= 11 is 6.17. The third-order valence-corrected chi connectivity index (χ3v) is 5.50. The second-order valence-corrected chi connectivity index (χ2v) is 6.56. The van der Waals surface area contributed by atoms with Crippen LogP contribution in [0.25, 0.3) is 0 Å². The van der Waals surface area contributed by atoms with Crippen LogP contribution in [-0.4, -0.2) is 19.5 Å². The SMILES string of the molecule is Cc1c(S(=O)(=O)Cl)sc(C(=O)O)c1Cl. The minimum absolute atomic E-state index is 0.0817. The number of halogens is 2. The van der Waals surface area contributed by atoms with Gasteiger partial charge < -0.3 is 5.11 Å². The van der Waals surface area contributed by atoms with Crippen LogP contribution in [0.15, 0.2) is 4.21 Å². The smallest absolute Gasteiger partial charge is 0.347 e. The van der Waals surface area contributed by atoms with Crippen molar-refractivity contribution in [1.82, 2.24) is 0 Å². The van der Waals surface area contributed by atoms with Gasteiger partial charge in [-0.2, -0.15) is 0 Å². The number of rotatable bonds is 2. The summed E-state index contributed by atoms with van der Waals surface area (Å²) in [4.78, 5) is 10.4. The average Bonchev–Trinajstić information content (AvgIpc) is 2.28. The van der Waals surface area contributed by atoms with Crippen LogP contribution < -0.4 is 0 Å². The van der Waals surface area contributed by atoms with E-state index in [4.69, 9.17) is 27.4 Å². The Balaban J connectivity index is 3.52. The summed E-state index contributed by atoms with van der Waals surface area (Å²) in [5, 5.41) is 8.58. The van der Waals surface area contributed by atoms with Gasteiger partial charge in [-0.15, -0.1) is 11.3 Å². The molecule has 1 aromatic rings. The van der Waals surface area contributed by atoms with Crippen molar-refractivity contribution in [3.8, 4) is 0 Å². The average molecular weight is 275 g/mol. The quantitative estimate of drug-likeness (QED) is 0.841. The molecule has 0 unspecified atom stereocenters. The summed E-state index contributed by atoms with van der Waals surface area (Å²) in [7, 11) is 1.16. The van der Waals surface area contributed by atoms with Gasteiger partial charge in [0.05, 0.1) is 5.02 Å². The standard InChI is InChI=1S/C6H4Cl2O4S2/c1-2-3(7)4(5(9)10)13-6(2)14(8,11)12/h1H3,(H,9,10). The number of thiophene rings is 1. The van der Waals surface area contributed by atoms with E-state index in [0.717, 1.165) is 0 Å². The summed E-state index contributed by atoms with van der Waals surface area (Å²) in [5.41, 5.74) is 0.170. The number of carboxylic acid groups (broad SMARTS) is 1. The Kier molecular flexibility index (Phi) is 3.10. The topological polar surface area (TPSA) is 71.4 Å². The Morgan fingerprint density at radius 2 is 2.00 bits per heavy atom. The molecule has 0 aliphatic rings. The van der Waals surface area contributed by atoms with Crippen LogP contribution in [0.3, 0.4) is 0 Å². The molecule has 1 rings (SSSR count). The predicted octanol–water partition coefficient (Wildman–Crippen LogP) is 2.34. The van der Waals surface area contributed by atoms with E-state index in [0.29, 0.717) is 11.3 Å². The van der Waals surface area contributed by atoms with Gasteiger partial charge in [0, 0.05) is 10.7 Å². The molecule has 0 saturated heterocycles. The van der Waals surface area contributed by atoms with Crippen LogP contribution >= 0.6 is 33.6 Å². The van der Waals surface area contributed by atoms with Gasteiger partial charge in [0.15, 0.2) is 0 Å². The number of hydrogen-bond donors (Lipinski definition) is 1. The second kappa shape index (κ2) is 3.69. The number of carboxylic acids is 1. The molecule has 0 aliphatic heterocycles. The molecule has 0 radical (unpaired) electrons. The van der Waals surface area contributed by atoms with Crippen molar-refractivity contribution in [3.05, 3.63) is 15.5 Å². The van der Waals surface area contributed by atoms with E-state index in [1.165, 1.54) is 6.92 Å². The van der Waals surface area contributed by atoms with Gasteiger partial charge in [0.25, 0.3) is 9.05 Å². The highest BCUT2D eigenvalue weighted by Crippen LogP contribution is 2.36. The zero-order valence-electron chi connectivity index (χ0n) is 6.74. The molecule has 1 N–H and O–H groups in total. The van der Waals surface area contributed by atoms with Gasteiger partial charge >= 0.3 is 5.97 Å². The van der Waals surface area contributed by atoms with Crippen molar-refractivity contribution in [2.45, 2.75) is 11.1 Å². The first kappa shape index (κ1) is 11.8. The van der Waals surface area contributed by atoms with E-state index in [-0.39, 0.29) is 19.7 Å². The molecule has 0 amide bonds. The van der Waals surface area contributed by atoms with Crippen molar-refractivity contribution >= 4 is 48.6 Å². The molecule has 0 atom stereocenters. The predicted molar refractivity (Wildman–Crippen MR) is 54.1 cm³/mol. The molecule has 0 aromatic carbocycles. The maximum absolute atomic E-state index is 11.0. The van der Waals surface area contributed by atoms with Crippen molar-refractivity contribution in [2.75, 3.05) is 0 Å². The largest absolute Gasteiger partial charge is 0.477 e. The zero-order valence-corrected chi connectivity index (χ0v) is 9.89. The summed E-state index contributed by atoms with van der Waals surface area (Å²) in [6.07, 6.45) is 0. The number of hydrogen-bond acceptors (Lipinski definition) is 4. The molecule has 0 bridgehead atoms. The Labute approximate surface area is 93.5 Å². The Morgan fingerprint density at radius 1 is 1.50 bits per heavy atom. The molecule has 4 nitrogen and oxygen atoms in total. The van der Waals surface area contributed by atoms with Crippen LogP contribution in [0.4, 0.5) is 0 Å². The van der Waals surface area contributed by atoms with Crippen molar-refractivity contribution in [2.24, 2.45) is 0 Å². The van der Waals surface area contributed by atoms with Crippen LogP contribution in [0.1, 0.15) is 15.2 Å². The number of carbonyl (C=O) groups is 1. The normalized spacial score (nSPS) is 11.6. The van der Waals surface area contributed by atoms with E-state index in [1.807, 2.05) is 0 Å². The van der Waals surface area contributed by atoms with Gasteiger partial charge in [-0.25, -0.2) is 13.2 Å². The Morgan fingerprint density at radius 3 is 2.21 bits per heavy atom. The first-order chi connectivity index (χ1) is 6.25. The molecular weight excluding hydrogens is 271 g/mol. The van der Waals surface area contributed by atoms with Crippen molar-refractivity contribution in [3.63, 3.8) is 0 Å². The summed E-state index contributed by atoms with van der Waals surface area (Å²) in [6.45, 7) is 1.40. The van der Waals surface area contributed by atoms with Crippen molar-refractivity contribution < 1.29 is 18.3 Å². The molecular formula is C6H4Cl2O4S2. The second-order valence-electron chi connectivity index (χ2n) is 2.40. The maximum atomic E-state index is 11.0. The maximum Gasteiger partial charge on any atom is 0.347 e. The van der Waals surface area contributed by atoms with Gasteiger partial charge in [-0.05, 0) is 12.5 Å². The first-order valence-corrected chi connectivity index (χ1v) is 6.72.